The summed E-state index contributed by atoms with van der Waals surface area (Å²) in [6.45, 7) is 5.41. The van der Waals surface area contributed by atoms with Crippen molar-refractivity contribution in [3.8, 4) is 5.88 Å². The molecule has 1 amide bonds. The van der Waals surface area contributed by atoms with Gasteiger partial charge in [0.25, 0.3) is 5.91 Å². The molecule has 3 rings (SSSR count). The van der Waals surface area contributed by atoms with Crippen LogP contribution in [0.5, 0.6) is 5.88 Å². The van der Waals surface area contributed by atoms with E-state index in [4.69, 9.17) is 9.47 Å². The summed E-state index contributed by atoms with van der Waals surface area (Å²) in [4.78, 5) is 29.5. The van der Waals surface area contributed by atoms with Crippen molar-refractivity contribution in [1.29, 1.82) is 0 Å². The maximum Gasteiger partial charge on any atom is 0.331 e. The number of carbonyl (C=O) groups excluding carboxylic acids is 2. The maximum atomic E-state index is 12.7. The Kier molecular flexibility index (Phi) is 5.81. The lowest BCUT2D eigenvalue weighted by Gasteiger charge is -2.26. The van der Waals surface area contributed by atoms with Gasteiger partial charge in [0.05, 0.1) is 24.7 Å². The molecule has 0 aliphatic carbocycles. The quantitative estimate of drug-likeness (QED) is 0.781. The van der Waals surface area contributed by atoms with Gasteiger partial charge in [0.15, 0.2) is 6.04 Å². The number of rotatable bonds is 5. The molecule has 152 valence electrons. The minimum Gasteiger partial charge on any atom is -0.481 e. The van der Waals surface area contributed by atoms with E-state index in [1.165, 1.54) is 18.3 Å². The summed E-state index contributed by atoms with van der Waals surface area (Å²) in [5.41, 5.74) is 0.808. The van der Waals surface area contributed by atoms with Crippen LogP contribution in [0.3, 0.4) is 0 Å². The molecule has 0 bridgehead atoms. The summed E-state index contributed by atoms with van der Waals surface area (Å²) >= 11 is 0. The van der Waals surface area contributed by atoms with E-state index in [-0.39, 0.29) is 12.1 Å². The molecule has 1 aromatic carbocycles. The van der Waals surface area contributed by atoms with E-state index >= 15 is 0 Å². The van der Waals surface area contributed by atoms with Crippen LogP contribution < -0.4 is 15.1 Å². The Hall–Kier alpha value is -3.42. The molecule has 1 atom stereocenters. The summed E-state index contributed by atoms with van der Waals surface area (Å²) < 4.78 is 10.5. The Morgan fingerprint density at radius 3 is 2.45 bits per heavy atom. The van der Waals surface area contributed by atoms with Gasteiger partial charge in [-0.3, -0.25) is 9.80 Å². The minimum absolute atomic E-state index is 0.138. The molecule has 0 unspecified atom stereocenters. The van der Waals surface area contributed by atoms with Crippen LogP contribution in [0.2, 0.25) is 0 Å². The number of benzene rings is 1. The highest BCUT2D eigenvalue weighted by molar-refractivity contribution is 6.44. The number of anilines is 2. The number of nitrogens with zero attached hydrogens (tertiary/aromatic N) is 3. The van der Waals surface area contributed by atoms with Crippen LogP contribution in [-0.2, 0) is 14.3 Å². The number of amides is 1. The topological polar surface area (TPSA) is 93.1 Å². The van der Waals surface area contributed by atoms with Crippen molar-refractivity contribution < 1.29 is 19.1 Å². The highest BCUT2D eigenvalue weighted by Crippen LogP contribution is 2.27. The van der Waals surface area contributed by atoms with Crippen molar-refractivity contribution in [1.82, 2.24) is 4.98 Å². The van der Waals surface area contributed by atoms with Crippen LogP contribution in [0.1, 0.15) is 27.2 Å². The van der Waals surface area contributed by atoms with Crippen LogP contribution in [0.25, 0.3) is 0 Å². The van der Waals surface area contributed by atoms with Crippen molar-refractivity contribution in [2.24, 2.45) is 5.10 Å². The molecule has 29 heavy (non-hydrogen) atoms. The summed E-state index contributed by atoms with van der Waals surface area (Å²) in [6.07, 6.45) is 1.63. The van der Waals surface area contributed by atoms with Gasteiger partial charge in [-0.05, 0) is 39.0 Å². The second-order valence-corrected chi connectivity index (χ2v) is 7.52. The first kappa shape index (κ1) is 20.3. The number of nitrogens with one attached hydrogen (secondary N) is 1. The Morgan fingerprint density at radius 1 is 1.14 bits per heavy atom. The zero-order valence-electron chi connectivity index (χ0n) is 16.9. The number of aromatic nitrogens is 1. The zero-order valence-corrected chi connectivity index (χ0v) is 16.9. The first-order valence-electron chi connectivity index (χ1n) is 9.23. The molecule has 0 saturated heterocycles. The van der Waals surface area contributed by atoms with Crippen molar-refractivity contribution in [3.63, 3.8) is 0 Å². The number of para-hydroxylation sites is 1. The Morgan fingerprint density at radius 2 is 1.86 bits per heavy atom. The Bertz CT molecular complexity index is 905. The van der Waals surface area contributed by atoms with Gasteiger partial charge in [-0.2, -0.15) is 5.10 Å². The van der Waals surface area contributed by atoms with E-state index in [2.05, 4.69) is 15.4 Å². The van der Waals surface area contributed by atoms with Crippen LogP contribution in [0.4, 0.5) is 11.4 Å². The number of hydrazone groups is 1. The van der Waals surface area contributed by atoms with Crippen molar-refractivity contribution in [2.45, 2.75) is 38.8 Å². The van der Waals surface area contributed by atoms with E-state index in [1.54, 1.807) is 32.9 Å². The average molecular weight is 396 g/mol. The van der Waals surface area contributed by atoms with E-state index < -0.39 is 23.5 Å². The second-order valence-electron chi connectivity index (χ2n) is 7.52. The molecule has 2 heterocycles. The highest BCUT2D eigenvalue weighted by atomic mass is 16.6. The predicted molar refractivity (Wildman–Crippen MR) is 110 cm³/mol. The molecule has 0 radical (unpaired) electrons. The van der Waals surface area contributed by atoms with Gasteiger partial charge in [0, 0.05) is 12.5 Å². The van der Waals surface area contributed by atoms with Gasteiger partial charge in [-0.15, -0.1) is 0 Å². The monoisotopic (exact) mass is 396 g/mol. The summed E-state index contributed by atoms with van der Waals surface area (Å²) in [5.74, 6) is -0.385. The molecule has 1 aromatic heterocycles. The Balaban J connectivity index is 1.81. The molecule has 0 spiro atoms. The highest BCUT2D eigenvalue weighted by Gasteiger charge is 2.38. The molecule has 0 saturated carbocycles. The van der Waals surface area contributed by atoms with Crippen molar-refractivity contribution in [2.75, 3.05) is 17.4 Å². The molecule has 1 N–H and O–H groups in total. The Labute approximate surface area is 169 Å². The molecular formula is C21H24N4O4. The molecule has 1 aliphatic rings. The average Bonchev–Trinajstić information content (AvgIpc) is 3.14. The van der Waals surface area contributed by atoms with E-state index in [9.17, 15) is 9.59 Å². The van der Waals surface area contributed by atoms with Gasteiger partial charge in [-0.25, -0.2) is 9.78 Å². The van der Waals surface area contributed by atoms with Gasteiger partial charge < -0.3 is 14.8 Å². The summed E-state index contributed by atoms with van der Waals surface area (Å²) in [6, 6.07) is 11.8. The largest absolute Gasteiger partial charge is 0.481 e. The summed E-state index contributed by atoms with van der Waals surface area (Å²) in [5, 5.41) is 8.70. The number of hydrogen-bond acceptors (Lipinski definition) is 7. The van der Waals surface area contributed by atoms with Crippen molar-refractivity contribution in [3.05, 3.63) is 48.7 Å². The fourth-order valence-corrected chi connectivity index (χ4v) is 2.80. The number of carbonyl (C=O) groups is 2. The fraction of sp³-hybridized carbons (Fsp3) is 0.333. The SMILES string of the molecule is COc1ccc(NC(=O)C2=NN(c3ccccc3)[C@H](C(=O)OC(C)(C)C)C2)cn1. The molecule has 1 aliphatic heterocycles. The van der Waals surface area contributed by atoms with E-state index in [0.29, 0.717) is 17.3 Å². The third-order valence-electron chi connectivity index (χ3n) is 4.08. The zero-order chi connectivity index (χ0) is 21.0. The first-order chi connectivity index (χ1) is 13.8. The van der Waals surface area contributed by atoms with Crippen LogP contribution >= 0.6 is 0 Å². The van der Waals surface area contributed by atoms with Gasteiger partial charge in [0.2, 0.25) is 5.88 Å². The second kappa shape index (κ2) is 8.30. The maximum absolute atomic E-state index is 12.7. The molecule has 8 nitrogen and oxygen atoms in total. The van der Waals surface area contributed by atoms with Gasteiger partial charge in [-0.1, -0.05) is 18.2 Å². The van der Waals surface area contributed by atoms with E-state index in [0.717, 1.165) is 0 Å². The van der Waals surface area contributed by atoms with Gasteiger partial charge >= 0.3 is 5.97 Å². The number of methoxy groups -OCH3 is 1. The van der Waals surface area contributed by atoms with Crippen LogP contribution in [0, 0.1) is 0 Å². The van der Waals surface area contributed by atoms with Crippen molar-refractivity contribution >= 4 is 29.0 Å². The third kappa shape index (κ3) is 5.10. The molecule has 2 aromatic rings. The number of esters is 1. The first-order valence-corrected chi connectivity index (χ1v) is 9.23. The summed E-state index contributed by atoms with van der Waals surface area (Å²) in [7, 11) is 1.52. The third-order valence-corrected chi connectivity index (χ3v) is 4.08. The number of pyridine rings is 1. The number of ether oxygens (including phenoxy) is 2. The normalized spacial score (nSPS) is 16.2. The standard InChI is InChI=1S/C21H24N4O4/c1-21(2,3)29-20(27)17-12-16(24-25(17)15-8-6-5-7-9-15)19(26)23-14-10-11-18(28-4)22-13-14/h5-11,13,17H,12H2,1-4H3,(H,23,26)/t17-/m0/s1. The number of hydrogen-bond donors (Lipinski definition) is 1. The predicted octanol–water partition coefficient (Wildman–Crippen LogP) is 3.01. The lowest BCUT2D eigenvalue weighted by atomic mass is 10.1. The molecule has 0 fully saturated rings. The van der Waals surface area contributed by atoms with Gasteiger partial charge in [0.1, 0.15) is 11.3 Å². The lowest BCUT2D eigenvalue weighted by molar-refractivity contribution is -0.156. The minimum atomic E-state index is -0.716. The smallest absolute Gasteiger partial charge is 0.331 e. The molecular weight excluding hydrogens is 372 g/mol. The van der Waals surface area contributed by atoms with Crippen LogP contribution in [-0.4, -0.2) is 41.3 Å². The molecule has 8 heteroatoms. The lowest BCUT2D eigenvalue weighted by Crippen LogP contribution is -2.40. The fourth-order valence-electron chi connectivity index (χ4n) is 2.80. The van der Waals surface area contributed by atoms with Crippen LogP contribution in [0.15, 0.2) is 53.8 Å². The van der Waals surface area contributed by atoms with E-state index in [1.807, 2.05) is 30.3 Å².